The fourth-order valence-electron chi connectivity index (χ4n) is 2.50. The number of carbonyl (C=O) groups excluding carboxylic acids is 1. The van der Waals surface area contributed by atoms with Crippen LogP contribution in [0.3, 0.4) is 0 Å². The molecule has 0 bridgehead atoms. The zero-order valence-electron chi connectivity index (χ0n) is 14.8. The molecule has 25 heavy (non-hydrogen) atoms. The van der Waals surface area contributed by atoms with Gasteiger partial charge < -0.3 is 15.1 Å². The van der Waals surface area contributed by atoms with Gasteiger partial charge in [-0.25, -0.2) is 14.2 Å². The second-order valence-electron chi connectivity index (χ2n) is 6.20. The summed E-state index contributed by atoms with van der Waals surface area (Å²) in [4.78, 5) is 16.2. The molecule has 0 saturated heterocycles. The molecule has 0 saturated carbocycles. The van der Waals surface area contributed by atoms with Gasteiger partial charge in [-0.1, -0.05) is 26.2 Å². The molecule has 1 aromatic heterocycles. The Morgan fingerprint density at radius 1 is 1.28 bits per heavy atom. The molecule has 2 N–H and O–H groups in total. The van der Waals surface area contributed by atoms with E-state index in [0.717, 1.165) is 24.1 Å². The first-order valence-corrected chi connectivity index (χ1v) is 8.83. The third-order valence-electron chi connectivity index (χ3n) is 3.93. The normalized spacial score (nSPS) is 12.0. The third kappa shape index (κ3) is 6.57. The minimum absolute atomic E-state index is 0.161. The van der Waals surface area contributed by atoms with E-state index in [2.05, 4.69) is 22.5 Å². The van der Waals surface area contributed by atoms with E-state index in [4.69, 9.17) is 4.42 Å². The van der Waals surface area contributed by atoms with Gasteiger partial charge in [0.1, 0.15) is 12.1 Å². The molecular weight excluding hydrogens is 321 g/mol. The van der Waals surface area contributed by atoms with E-state index in [9.17, 15) is 9.18 Å². The molecule has 1 aromatic carbocycles. The summed E-state index contributed by atoms with van der Waals surface area (Å²) in [5.74, 6) is 0.152. The van der Waals surface area contributed by atoms with Crippen LogP contribution in [0.15, 0.2) is 34.9 Å². The van der Waals surface area contributed by atoms with Gasteiger partial charge in [0, 0.05) is 24.6 Å². The van der Waals surface area contributed by atoms with Gasteiger partial charge in [0.15, 0.2) is 0 Å². The largest absolute Gasteiger partial charge is 0.444 e. The van der Waals surface area contributed by atoms with Crippen molar-refractivity contribution in [2.45, 2.75) is 52.0 Å². The number of carbonyl (C=O) groups is 1. The zero-order valence-corrected chi connectivity index (χ0v) is 14.8. The molecular formula is C19H26FN3O2. The molecule has 0 aliphatic rings. The first-order chi connectivity index (χ1) is 12.1. The Morgan fingerprint density at radius 3 is 2.76 bits per heavy atom. The molecule has 6 heteroatoms. The van der Waals surface area contributed by atoms with Gasteiger partial charge in [-0.15, -0.1) is 0 Å². The Hall–Kier alpha value is -2.37. The summed E-state index contributed by atoms with van der Waals surface area (Å²) >= 11 is 0. The second kappa shape index (κ2) is 9.81. The summed E-state index contributed by atoms with van der Waals surface area (Å²) in [6.45, 7) is 4.65. The monoisotopic (exact) mass is 347 g/mol. The van der Waals surface area contributed by atoms with Gasteiger partial charge in [0.2, 0.25) is 5.89 Å². The van der Waals surface area contributed by atoms with Crippen LogP contribution in [0.4, 0.5) is 9.18 Å². The number of halogens is 1. The molecule has 5 nitrogen and oxygen atoms in total. The molecule has 2 aromatic rings. The Bertz CT molecular complexity index is 655. The zero-order chi connectivity index (χ0) is 18.1. The van der Waals surface area contributed by atoms with E-state index in [1.54, 1.807) is 18.4 Å². The van der Waals surface area contributed by atoms with Gasteiger partial charge in [0.25, 0.3) is 0 Å². The molecule has 0 spiro atoms. The van der Waals surface area contributed by atoms with Gasteiger partial charge in [0.05, 0.1) is 5.69 Å². The molecule has 0 aliphatic carbocycles. The summed E-state index contributed by atoms with van der Waals surface area (Å²) in [5.41, 5.74) is 1.47. The first kappa shape index (κ1) is 19.0. The Kier molecular flexibility index (Phi) is 7.44. The average Bonchev–Trinajstić information content (AvgIpc) is 3.04. The van der Waals surface area contributed by atoms with Crippen LogP contribution in [0.25, 0.3) is 11.5 Å². The lowest BCUT2D eigenvalue weighted by Crippen LogP contribution is -2.41. The van der Waals surface area contributed by atoms with Crippen molar-refractivity contribution < 1.29 is 13.6 Å². The number of urea groups is 1. The van der Waals surface area contributed by atoms with E-state index in [1.807, 2.05) is 6.92 Å². The van der Waals surface area contributed by atoms with Crippen molar-refractivity contribution in [3.63, 3.8) is 0 Å². The number of hydrogen-bond donors (Lipinski definition) is 2. The molecule has 0 radical (unpaired) electrons. The predicted octanol–water partition coefficient (Wildman–Crippen LogP) is 4.29. The number of hydrogen-bond acceptors (Lipinski definition) is 3. The van der Waals surface area contributed by atoms with Crippen molar-refractivity contribution in [2.75, 3.05) is 6.54 Å². The first-order valence-electron chi connectivity index (χ1n) is 8.83. The van der Waals surface area contributed by atoms with Crippen LogP contribution in [0.2, 0.25) is 0 Å². The summed E-state index contributed by atoms with van der Waals surface area (Å²) < 4.78 is 18.3. The molecule has 0 aliphatic heterocycles. The average molecular weight is 347 g/mol. The number of nitrogens with one attached hydrogen (secondary N) is 2. The number of nitrogens with zero attached hydrogens (tertiary/aromatic N) is 1. The van der Waals surface area contributed by atoms with Crippen molar-refractivity contribution in [3.8, 4) is 11.5 Å². The molecule has 1 heterocycles. The standard InChI is InChI=1S/C19H26FN3O2/c1-3-4-5-6-14(2)22-19(24)21-12-11-17-13-25-18(23-17)15-7-9-16(20)10-8-15/h7-10,13-14H,3-6,11-12H2,1-2H3,(H2,21,22,24). The fourth-order valence-corrected chi connectivity index (χ4v) is 2.50. The van der Waals surface area contributed by atoms with Crippen LogP contribution in [-0.4, -0.2) is 23.6 Å². The maximum Gasteiger partial charge on any atom is 0.315 e. The van der Waals surface area contributed by atoms with Crippen molar-refractivity contribution in [1.29, 1.82) is 0 Å². The van der Waals surface area contributed by atoms with E-state index in [-0.39, 0.29) is 17.9 Å². The number of unbranched alkanes of at least 4 members (excludes halogenated alkanes) is 2. The number of oxazole rings is 1. The molecule has 136 valence electrons. The van der Waals surface area contributed by atoms with Crippen LogP contribution in [0.1, 0.15) is 45.2 Å². The number of aromatic nitrogens is 1. The lowest BCUT2D eigenvalue weighted by atomic mass is 10.1. The predicted molar refractivity (Wildman–Crippen MR) is 95.7 cm³/mol. The molecule has 2 amide bonds. The van der Waals surface area contributed by atoms with Gasteiger partial charge >= 0.3 is 6.03 Å². The number of benzene rings is 1. The van der Waals surface area contributed by atoms with Crippen molar-refractivity contribution in [2.24, 2.45) is 0 Å². The maximum absolute atomic E-state index is 12.9. The quantitative estimate of drug-likeness (QED) is 0.665. The molecule has 1 unspecified atom stereocenters. The second-order valence-corrected chi connectivity index (χ2v) is 6.20. The summed E-state index contributed by atoms with van der Waals surface area (Å²) in [6.07, 6.45) is 6.62. The van der Waals surface area contributed by atoms with Crippen LogP contribution < -0.4 is 10.6 Å². The van der Waals surface area contributed by atoms with Crippen LogP contribution in [0, 0.1) is 5.82 Å². The number of rotatable bonds is 9. The smallest absolute Gasteiger partial charge is 0.315 e. The van der Waals surface area contributed by atoms with Gasteiger partial charge in [-0.3, -0.25) is 0 Å². The Balaban J connectivity index is 1.71. The molecule has 1 atom stereocenters. The summed E-state index contributed by atoms with van der Waals surface area (Å²) in [6, 6.07) is 5.99. The molecule has 0 fully saturated rings. The Morgan fingerprint density at radius 2 is 2.04 bits per heavy atom. The highest BCUT2D eigenvalue weighted by Gasteiger charge is 2.09. The van der Waals surface area contributed by atoms with E-state index in [0.29, 0.717) is 18.9 Å². The van der Waals surface area contributed by atoms with Crippen molar-refractivity contribution in [1.82, 2.24) is 15.6 Å². The minimum atomic E-state index is -0.297. The van der Waals surface area contributed by atoms with Gasteiger partial charge in [-0.2, -0.15) is 0 Å². The third-order valence-corrected chi connectivity index (χ3v) is 3.93. The Labute approximate surface area is 148 Å². The highest BCUT2D eigenvalue weighted by molar-refractivity contribution is 5.74. The highest BCUT2D eigenvalue weighted by atomic mass is 19.1. The minimum Gasteiger partial charge on any atom is -0.444 e. The SMILES string of the molecule is CCCCCC(C)NC(=O)NCCc1coc(-c2ccc(F)cc2)n1. The van der Waals surface area contributed by atoms with Crippen molar-refractivity contribution >= 4 is 6.03 Å². The van der Waals surface area contributed by atoms with Crippen LogP contribution in [0.5, 0.6) is 0 Å². The topological polar surface area (TPSA) is 67.2 Å². The van der Waals surface area contributed by atoms with Gasteiger partial charge in [-0.05, 0) is 37.6 Å². The molecule has 2 rings (SSSR count). The van der Waals surface area contributed by atoms with Crippen molar-refractivity contribution in [3.05, 3.63) is 42.0 Å². The highest BCUT2D eigenvalue weighted by Crippen LogP contribution is 2.18. The van der Waals surface area contributed by atoms with Crippen LogP contribution in [-0.2, 0) is 6.42 Å². The van der Waals surface area contributed by atoms with E-state index < -0.39 is 0 Å². The lowest BCUT2D eigenvalue weighted by molar-refractivity contribution is 0.237. The fraction of sp³-hybridized carbons (Fsp3) is 0.474. The van der Waals surface area contributed by atoms with E-state index >= 15 is 0 Å². The summed E-state index contributed by atoms with van der Waals surface area (Å²) in [7, 11) is 0. The van der Waals surface area contributed by atoms with Crippen LogP contribution >= 0.6 is 0 Å². The maximum atomic E-state index is 12.9. The summed E-state index contributed by atoms with van der Waals surface area (Å²) in [5, 5.41) is 5.76. The lowest BCUT2D eigenvalue weighted by Gasteiger charge is -2.14. The van der Waals surface area contributed by atoms with E-state index in [1.165, 1.54) is 25.0 Å². The number of amides is 2.